The Hall–Kier alpha value is -1.33. The van der Waals surface area contributed by atoms with Gasteiger partial charge in [-0.25, -0.2) is 4.98 Å². The number of aliphatic hydroxyl groups is 1. The second-order valence-electron chi connectivity index (χ2n) is 6.08. The lowest BCUT2D eigenvalue weighted by Gasteiger charge is -2.19. The van der Waals surface area contributed by atoms with Crippen LogP contribution in [0.5, 0.6) is 0 Å². The Morgan fingerprint density at radius 1 is 1.39 bits per heavy atom. The van der Waals surface area contributed by atoms with Gasteiger partial charge in [0.15, 0.2) is 11.5 Å². The van der Waals surface area contributed by atoms with Gasteiger partial charge in [0, 0.05) is 6.42 Å². The van der Waals surface area contributed by atoms with Crippen LogP contribution in [0.2, 0.25) is 5.28 Å². The molecule has 2 aromatic heterocycles. The topological polar surface area (TPSA) is 144 Å². The summed E-state index contributed by atoms with van der Waals surface area (Å²) in [6.45, 7) is 3.95. The molecule has 0 saturated carbocycles. The lowest BCUT2D eigenvalue weighted by atomic mass is 10.2. The first-order valence-corrected chi connectivity index (χ1v) is 10.9. The zero-order valence-corrected chi connectivity index (χ0v) is 17.2. The molecule has 13 heteroatoms. The maximum Gasteiger partial charge on any atom is 0.356 e. The predicted molar refractivity (Wildman–Crippen MR) is 101 cm³/mol. The van der Waals surface area contributed by atoms with Gasteiger partial charge in [-0.15, -0.1) is 0 Å². The van der Waals surface area contributed by atoms with E-state index in [4.69, 9.17) is 35.9 Å². The maximum atomic E-state index is 12.4. The van der Waals surface area contributed by atoms with Gasteiger partial charge < -0.3 is 29.4 Å². The number of aliphatic hydroxyl groups excluding tert-OH is 1. The molecule has 1 saturated heterocycles. The molecule has 1 aliphatic heterocycles. The Morgan fingerprint density at radius 2 is 2.11 bits per heavy atom. The minimum Gasteiger partial charge on any atom is -0.390 e. The Kier molecular flexibility index (Phi) is 6.87. The number of nitrogens with zero attached hydrogens (tertiary/aromatic N) is 4. The minimum absolute atomic E-state index is 0.00669. The van der Waals surface area contributed by atoms with Crippen LogP contribution in [0.4, 0.5) is 5.82 Å². The average molecular weight is 436 g/mol. The SMILES string of the molecule is CCOP(=O)(COC[C@H]1O[C@@H](n2cnc3c(N)nc(Cl)nc32)C[C@@H]1O)OCC. The van der Waals surface area contributed by atoms with E-state index in [9.17, 15) is 9.67 Å². The van der Waals surface area contributed by atoms with Gasteiger partial charge in [0.25, 0.3) is 0 Å². The van der Waals surface area contributed by atoms with Gasteiger partial charge in [-0.2, -0.15) is 9.97 Å². The number of rotatable bonds is 9. The van der Waals surface area contributed by atoms with Crippen molar-refractivity contribution in [2.24, 2.45) is 0 Å². The first-order chi connectivity index (χ1) is 13.4. The van der Waals surface area contributed by atoms with Crippen LogP contribution in [-0.2, 0) is 23.1 Å². The van der Waals surface area contributed by atoms with Gasteiger partial charge in [-0.3, -0.25) is 9.13 Å². The quantitative estimate of drug-likeness (QED) is 0.442. The lowest BCUT2D eigenvalue weighted by Crippen LogP contribution is -2.26. The van der Waals surface area contributed by atoms with Crippen molar-refractivity contribution < 1.29 is 28.2 Å². The van der Waals surface area contributed by atoms with E-state index in [1.54, 1.807) is 18.4 Å². The van der Waals surface area contributed by atoms with Crippen LogP contribution >= 0.6 is 19.2 Å². The molecule has 3 N–H and O–H groups in total. The molecular formula is C15H23ClN5O6P. The van der Waals surface area contributed by atoms with Crippen LogP contribution < -0.4 is 5.73 Å². The molecule has 11 nitrogen and oxygen atoms in total. The molecule has 0 aliphatic carbocycles. The number of halogens is 1. The number of nitrogen functional groups attached to an aromatic ring is 1. The summed E-state index contributed by atoms with van der Waals surface area (Å²) in [7, 11) is -3.32. The summed E-state index contributed by atoms with van der Waals surface area (Å²) in [5.74, 6) is 0.162. The molecule has 0 spiro atoms. The fraction of sp³-hybridized carbons (Fsp3) is 0.667. The molecule has 0 bridgehead atoms. The van der Waals surface area contributed by atoms with Crippen LogP contribution in [0.1, 0.15) is 26.5 Å². The zero-order valence-electron chi connectivity index (χ0n) is 15.5. The van der Waals surface area contributed by atoms with Crippen LogP contribution in [-0.4, -0.2) is 63.0 Å². The Labute approximate surface area is 166 Å². The van der Waals surface area contributed by atoms with Crippen molar-refractivity contribution in [2.45, 2.75) is 38.7 Å². The first-order valence-electron chi connectivity index (χ1n) is 8.81. The highest BCUT2D eigenvalue weighted by atomic mass is 35.5. The van der Waals surface area contributed by atoms with E-state index in [1.807, 2.05) is 0 Å². The molecule has 0 amide bonds. The summed E-state index contributed by atoms with van der Waals surface area (Å²) in [5.41, 5.74) is 6.62. The van der Waals surface area contributed by atoms with E-state index in [0.717, 1.165) is 0 Å². The number of fused-ring (bicyclic) bond motifs is 1. The van der Waals surface area contributed by atoms with Gasteiger partial charge in [0.05, 0.1) is 32.3 Å². The van der Waals surface area contributed by atoms with Crippen molar-refractivity contribution in [1.29, 1.82) is 0 Å². The Morgan fingerprint density at radius 3 is 2.79 bits per heavy atom. The van der Waals surface area contributed by atoms with Crippen LogP contribution in [0.3, 0.4) is 0 Å². The fourth-order valence-electron chi connectivity index (χ4n) is 2.94. The minimum atomic E-state index is -3.32. The first kappa shape index (κ1) is 21.4. The Balaban J connectivity index is 1.64. The van der Waals surface area contributed by atoms with Crippen molar-refractivity contribution in [3.8, 4) is 0 Å². The molecule has 0 radical (unpaired) electrons. The third-order valence-electron chi connectivity index (χ3n) is 4.12. The summed E-state index contributed by atoms with van der Waals surface area (Å²) in [6.07, 6.45) is -0.394. The summed E-state index contributed by atoms with van der Waals surface area (Å²) >= 11 is 5.88. The third-order valence-corrected chi connectivity index (χ3v) is 6.09. The highest BCUT2D eigenvalue weighted by Gasteiger charge is 2.37. The van der Waals surface area contributed by atoms with E-state index in [-0.39, 0.29) is 43.7 Å². The van der Waals surface area contributed by atoms with Crippen molar-refractivity contribution in [3.05, 3.63) is 11.6 Å². The molecule has 1 fully saturated rings. The number of anilines is 1. The number of hydrogen-bond acceptors (Lipinski definition) is 10. The zero-order chi connectivity index (χ0) is 20.3. The van der Waals surface area contributed by atoms with Gasteiger partial charge >= 0.3 is 7.60 Å². The molecular weight excluding hydrogens is 413 g/mol. The summed E-state index contributed by atoms with van der Waals surface area (Å²) < 4.78 is 35.7. The van der Waals surface area contributed by atoms with Crippen LogP contribution in [0.15, 0.2) is 6.33 Å². The molecule has 28 heavy (non-hydrogen) atoms. The normalized spacial score (nSPS) is 22.9. The molecule has 1 aliphatic rings. The molecule has 3 heterocycles. The molecule has 156 valence electrons. The molecule has 0 aromatic carbocycles. The Bertz CT molecular complexity index is 857. The van der Waals surface area contributed by atoms with Gasteiger partial charge in [-0.1, -0.05) is 0 Å². The standard InChI is InChI=1S/C15H23ClN5O6P/c1-3-25-28(23,26-4-2)8-24-6-10-9(22)5-11(27-10)21-7-18-12-13(17)19-15(16)20-14(12)21/h7,9-11,22H,3-6,8H2,1-2H3,(H2,17,19,20)/t9-,10+,11+/m0/s1. The molecule has 3 atom stereocenters. The highest BCUT2D eigenvalue weighted by molar-refractivity contribution is 7.53. The van der Waals surface area contributed by atoms with E-state index >= 15 is 0 Å². The van der Waals surface area contributed by atoms with E-state index in [0.29, 0.717) is 11.2 Å². The number of ether oxygens (including phenoxy) is 2. The highest BCUT2D eigenvalue weighted by Crippen LogP contribution is 2.48. The number of hydrogen-bond donors (Lipinski definition) is 2. The molecule has 0 unspecified atom stereocenters. The molecule has 2 aromatic rings. The second kappa shape index (κ2) is 9.00. The smallest absolute Gasteiger partial charge is 0.356 e. The third kappa shape index (κ3) is 4.62. The van der Waals surface area contributed by atoms with Gasteiger partial charge in [0.2, 0.25) is 5.28 Å². The summed E-state index contributed by atoms with van der Waals surface area (Å²) in [4.78, 5) is 12.2. The second-order valence-corrected chi connectivity index (χ2v) is 8.41. The van der Waals surface area contributed by atoms with Gasteiger partial charge in [-0.05, 0) is 25.4 Å². The number of nitrogens with two attached hydrogens (primary N) is 1. The summed E-state index contributed by atoms with van der Waals surface area (Å²) in [5, 5.41) is 10.3. The van der Waals surface area contributed by atoms with Crippen molar-refractivity contribution in [2.75, 3.05) is 31.9 Å². The fourth-order valence-corrected chi connectivity index (χ4v) is 4.45. The van der Waals surface area contributed by atoms with Gasteiger partial charge in [0.1, 0.15) is 24.2 Å². The van der Waals surface area contributed by atoms with Crippen LogP contribution in [0.25, 0.3) is 11.2 Å². The van der Waals surface area contributed by atoms with E-state index in [1.165, 1.54) is 6.33 Å². The van der Waals surface area contributed by atoms with E-state index in [2.05, 4.69) is 15.0 Å². The predicted octanol–water partition coefficient (Wildman–Crippen LogP) is 1.95. The lowest BCUT2D eigenvalue weighted by molar-refractivity contribution is -0.0570. The maximum absolute atomic E-state index is 12.4. The monoisotopic (exact) mass is 435 g/mol. The number of aromatic nitrogens is 4. The van der Waals surface area contributed by atoms with E-state index < -0.39 is 26.0 Å². The van der Waals surface area contributed by atoms with Crippen LogP contribution in [0, 0.1) is 0 Å². The summed E-state index contributed by atoms with van der Waals surface area (Å²) in [6, 6.07) is 0. The van der Waals surface area contributed by atoms with Crippen molar-refractivity contribution in [1.82, 2.24) is 19.5 Å². The molecule has 3 rings (SSSR count). The van der Waals surface area contributed by atoms with Crippen molar-refractivity contribution in [3.63, 3.8) is 0 Å². The average Bonchev–Trinajstić information content (AvgIpc) is 3.19. The van der Waals surface area contributed by atoms with Crippen molar-refractivity contribution >= 4 is 36.2 Å². The number of imidazole rings is 1. The largest absolute Gasteiger partial charge is 0.390 e.